The molecule has 2 aliphatic rings. The molecule has 18 heavy (non-hydrogen) atoms. The van der Waals surface area contributed by atoms with E-state index in [2.05, 4.69) is 15.2 Å². The monoisotopic (exact) mass is 249 g/mol. The molecule has 98 valence electrons. The Balaban J connectivity index is 1.58. The average molecular weight is 249 g/mol. The highest BCUT2D eigenvalue weighted by Crippen LogP contribution is 2.27. The van der Waals surface area contributed by atoms with E-state index in [4.69, 9.17) is 0 Å². The van der Waals surface area contributed by atoms with Gasteiger partial charge >= 0.3 is 0 Å². The minimum atomic E-state index is -0.572. The topological polar surface area (TPSA) is 68.6 Å². The molecule has 0 aromatic carbocycles. The van der Waals surface area contributed by atoms with Crippen molar-refractivity contribution in [3.63, 3.8) is 0 Å². The fourth-order valence-corrected chi connectivity index (χ4v) is 3.03. The van der Waals surface area contributed by atoms with Crippen LogP contribution in [-0.4, -0.2) is 52.8 Å². The van der Waals surface area contributed by atoms with Crippen molar-refractivity contribution in [2.45, 2.75) is 6.10 Å². The maximum atomic E-state index is 10.1. The lowest BCUT2D eigenvalue weighted by atomic mass is 10.0. The molecule has 0 saturated carbocycles. The molecule has 2 saturated heterocycles. The molecule has 2 fully saturated rings. The third-order valence-electron chi connectivity index (χ3n) is 4.01. The number of nitrogens with one attached hydrogen (secondary N) is 1. The summed E-state index contributed by atoms with van der Waals surface area (Å²) in [4.78, 5) is 6.37. The molecule has 3 rings (SSSR count). The minimum absolute atomic E-state index is 0.132. The number of aliphatic hydroxyl groups excluding tert-OH is 1. The molecule has 0 bridgehead atoms. The molecule has 0 radical (unpaired) electrons. The van der Waals surface area contributed by atoms with E-state index in [9.17, 15) is 10.2 Å². The molecule has 1 aromatic rings. The van der Waals surface area contributed by atoms with Crippen molar-refractivity contribution in [1.82, 2.24) is 15.2 Å². The van der Waals surface area contributed by atoms with Gasteiger partial charge in [-0.25, -0.2) is 0 Å². The Bertz CT molecular complexity index is 397. The second kappa shape index (κ2) is 4.84. The smallest absolute Gasteiger partial charge is 0.133 e. The van der Waals surface area contributed by atoms with Crippen LogP contribution in [0, 0.1) is 11.8 Å². The van der Waals surface area contributed by atoms with Gasteiger partial charge in [0.1, 0.15) is 11.9 Å². The van der Waals surface area contributed by atoms with Gasteiger partial charge in [-0.15, -0.1) is 0 Å². The average Bonchev–Trinajstić information content (AvgIpc) is 2.90. The Morgan fingerprint density at radius 3 is 2.67 bits per heavy atom. The van der Waals surface area contributed by atoms with Crippen molar-refractivity contribution in [2.75, 3.05) is 32.7 Å². The zero-order valence-electron chi connectivity index (χ0n) is 10.3. The summed E-state index contributed by atoms with van der Waals surface area (Å²) < 4.78 is 0. The fraction of sp³-hybridized carbons (Fsp3) is 0.615. The summed E-state index contributed by atoms with van der Waals surface area (Å²) in [6.45, 7) is 4.97. The van der Waals surface area contributed by atoms with E-state index in [1.54, 1.807) is 12.1 Å². The fourth-order valence-electron chi connectivity index (χ4n) is 3.03. The molecular formula is C13H19N3O2. The van der Waals surface area contributed by atoms with Crippen molar-refractivity contribution >= 4 is 0 Å². The number of likely N-dealkylation sites (tertiary alicyclic amines) is 1. The lowest BCUT2D eigenvalue weighted by Gasteiger charge is -2.20. The highest BCUT2D eigenvalue weighted by molar-refractivity contribution is 5.19. The Kier molecular flexibility index (Phi) is 3.20. The van der Waals surface area contributed by atoms with Crippen molar-refractivity contribution in [2.24, 2.45) is 11.8 Å². The minimum Gasteiger partial charge on any atom is -0.506 e. The summed E-state index contributed by atoms with van der Waals surface area (Å²) in [5, 5.41) is 22.7. The van der Waals surface area contributed by atoms with Gasteiger partial charge in [0.2, 0.25) is 0 Å². The lowest BCUT2D eigenvalue weighted by molar-refractivity contribution is 0.118. The quantitative estimate of drug-likeness (QED) is 0.702. The Morgan fingerprint density at radius 1 is 1.33 bits per heavy atom. The molecule has 1 aromatic heterocycles. The predicted octanol–water partition coefficient (Wildman–Crippen LogP) is -0.0282. The number of rotatable bonds is 3. The van der Waals surface area contributed by atoms with Gasteiger partial charge in [-0.3, -0.25) is 9.88 Å². The zero-order chi connectivity index (χ0) is 12.5. The van der Waals surface area contributed by atoms with Gasteiger partial charge in [0.05, 0.1) is 11.9 Å². The number of fused-ring (bicyclic) bond motifs is 1. The first-order valence-corrected chi connectivity index (χ1v) is 6.48. The number of nitrogens with zero attached hydrogens (tertiary/aromatic N) is 2. The van der Waals surface area contributed by atoms with E-state index in [1.165, 1.54) is 6.20 Å². The summed E-state index contributed by atoms with van der Waals surface area (Å²) >= 11 is 0. The zero-order valence-corrected chi connectivity index (χ0v) is 10.3. The highest BCUT2D eigenvalue weighted by Gasteiger charge is 2.36. The van der Waals surface area contributed by atoms with Crippen LogP contribution in [0.4, 0.5) is 0 Å². The summed E-state index contributed by atoms with van der Waals surface area (Å²) in [7, 11) is 0. The first kappa shape index (κ1) is 11.9. The van der Waals surface area contributed by atoms with E-state index in [0.29, 0.717) is 12.2 Å². The number of aromatic hydroxyl groups is 1. The van der Waals surface area contributed by atoms with Crippen LogP contribution in [0.15, 0.2) is 18.3 Å². The largest absolute Gasteiger partial charge is 0.506 e. The van der Waals surface area contributed by atoms with Gasteiger partial charge in [0.25, 0.3) is 0 Å². The van der Waals surface area contributed by atoms with Crippen LogP contribution < -0.4 is 5.32 Å². The molecule has 1 unspecified atom stereocenters. The third kappa shape index (κ3) is 2.34. The summed E-state index contributed by atoms with van der Waals surface area (Å²) in [6, 6.07) is 3.24. The number of β-amino-alcohol motifs (C(OH)–C–C–N with tert-alkyl or cyclic N) is 1. The van der Waals surface area contributed by atoms with Crippen molar-refractivity contribution in [1.29, 1.82) is 0 Å². The molecule has 0 aliphatic carbocycles. The van der Waals surface area contributed by atoms with E-state index in [-0.39, 0.29) is 5.75 Å². The van der Waals surface area contributed by atoms with Gasteiger partial charge in [0, 0.05) is 19.6 Å². The van der Waals surface area contributed by atoms with Gasteiger partial charge < -0.3 is 15.5 Å². The van der Waals surface area contributed by atoms with E-state index < -0.39 is 6.10 Å². The van der Waals surface area contributed by atoms with Crippen LogP contribution >= 0.6 is 0 Å². The van der Waals surface area contributed by atoms with Gasteiger partial charge in [-0.2, -0.15) is 0 Å². The number of hydrogen-bond acceptors (Lipinski definition) is 5. The lowest BCUT2D eigenvalue weighted by Crippen LogP contribution is -2.30. The molecule has 2 aliphatic heterocycles. The van der Waals surface area contributed by atoms with Crippen LogP contribution in [0.3, 0.4) is 0 Å². The first-order chi connectivity index (χ1) is 8.72. The van der Waals surface area contributed by atoms with E-state index in [0.717, 1.165) is 38.0 Å². The third-order valence-corrected chi connectivity index (χ3v) is 4.01. The van der Waals surface area contributed by atoms with Gasteiger partial charge in [-0.1, -0.05) is 0 Å². The summed E-state index contributed by atoms with van der Waals surface area (Å²) in [6.07, 6.45) is 0.804. The SMILES string of the molecule is Oc1ccc(C(O)CN2C[C@H]3CNC[C@H]3C2)nc1. The van der Waals surface area contributed by atoms with Crippen LogP contribution in [0.25, 0.3) is 0 Å². The second-order valence-corrected chi connectivity index (χ2v) is 5.35. The van der Waals surface area contributed by atoms with E-state index in [1.807, 2.05) is 0 Å². The maximum Gasteiger partial charge on any atom is 0.133 e. The van der Waals surface area contributed by atoms with Crippen molar-refractivity contribution in [3.05, 3.63) is 24.0 Å². The highest BCUT2D eigenvalue weighted by atomic mass is 16.3. The van der Waals surface area contributed by atoms with Crippen LogP contribution in [0.2, 0.25) is 0 Å². The molecule has 3 N–H and O–H groups in total. The maximum absolute atomic E-state index is 10.1. The predicted molar refractivity (Wildman–Crippen MR) is 67.2 cm³/mol. The number of aliphatic hydroxyl groups is 1. The van der Waals surface area contributed by atoms with Crippen LogP contribution in [0.1, 0.15) is 11.8 Å². The first-order valence-electron chi connectivity index (χ1n) is 6.48. The van der Waals surface area contributed by atoms with Gasteiger partial charge in [-0.05, 0) is 37.1 Å². The molecular weight excluding hydrogens is 230 g/mol. The Labute approximate surface area is 106 Å². The van der Waals surface area contributed by atoms with E-state index >= 15 is 0 Å². The molecule has 0 spiro atoms. The Morgan fingerprint density at radius 2 is 2.06 bits per heavy atom. The van der Waals surface area contributed by atoms with Gasteiger partial charge in [0.15, 0.2) is 0 Å². The van der Waals surface area contributed by atoms with Crippen LogP contribution in [-0.2, 0) is 0 Å². The summed E-state index contributed by atoms with van der Waals surface area (Å²) in [5.41, 5.74) is 0.628. The number of aromatic nitrogens is 1. The number of hydrogen-bond donors (Lipinski definition) is 3. The Hall–Kier alpha value is -1.17. The number of pyridine rings is 1. The normalized spacial score (nSPS) is 29.4. The molecule has 0 amide bonds. The molecule has 5 nitrogen and oxygen atoms in total. The summed E-state index contributed by atoms with van der Waals surface area (Å²) in [5.74, 6) is 1.61. The van der Waals surface area contributed by atoms with Crippen molar-refractivity contribution in [3.8, 4) is 5.75 Å². The molecule has 5 heteroatoms. The van der Waals surface area contributed by atoms with Crippen LogP contribution in [0.5, 0.6) is 5.75 Å². The standard InChI is InChI=1S/C13H19N3O2/c17-11-1-2-12(15-5-11)13(18)8-16-6-9-3-14-4-10(9)7-16/h1-2,5,9-10,13-14,17-18H,3-4,6-8H2/t9-,10+,13?. The van der Waals surface area contributed by atoms with Crippen molar-refractivity contribution < 1.29 is 10.2 Å². The molecule has 3 heterocycles. The molecule has 3 atom stereocenters. The second-order valence-electron chi connectivity index (χ2n) is 5.35.